The van der Waals surface area contributed by atoms with Crippen LogP contribution in [0.4, 0.5) is 4.39 Å². The minimum absolute atomic E-state index is 0.124. The summed E-state index contributed by atoms with van der Waals surface area (Å²) in [6.07, 6.45) is 2.06. The molecule has 0 unspecified atom stereocenters. The molecule has 2 atom stereocenters. The molecule has 5 heteroatoms. The van der Waals surface area contributed by atoms with Crippen molar-refractivity contribution < 1.29 is 9.50 Å². The highest BCUT2D eigenvalue weighted by Crippen LogP contribution is 2.33. The molecule has 0 spiro atoms. The van der Waals surface area contributed by atoms with Gasteiger partial charge in [0.15, 0.2) is 0 Å². The van der Waals surface area contributed by atoms with E-state index in [0.717, 1.165) is 11.3 Å². The van der Waals surface area contributed by atoms with Crippen molar-refractivity contribution in [1.29, 1.82) is 0 Å². The third-order valence-corrected chi connectivity index (χ3v) is 3.57. The molecule has 0 aliphatic carbocycles. The highest BCUT2D eigenvalue weighted by molar-refractivity contribution is 5.21. The van der Waals surface area contributed by atoms with Crippen molar-refractivity contribution >= 4 is 0 Å². The molecule has 0 saturated carbocycles. The number of nitrogens with zero attached hydrogens (tertiary/aromatic N) is 2. The summed E-state index contributed by atoms with van der Waals surface area (Å²) in [6.45, 7) is 1.33. The van der Waals surface area contributed by atoms with Gasteiger partial charge in [0, 0.05) is 31.0 Å². The van der Waals surface area contributed by atoms with Crippen molar-refractivity contribution in [3.8, 4) is 0 Å². The lowest BCUT2D eigenvalue weighted by molar-refractivity contribution is 0.172. The molecule has 0 amide bonds. The molecule has 100 valence electrons. The van der Waals surface area contributed by atoms with E-state index in [1.54, 1.807) is 18.3 Å². The maximum atomic E-state index is 13.0. The fraction of sp³-hybridized carbons (Fsp3) is 0.357. The summed E-state index contributed by atoms with van der Waals surface area (Å²) in [5.41, 5.74) is 2.05. The number of aromatic amines is 1. The first kappa shape index (κ1) is 12.3. The Kier molecular flexibility index (Phi) is 3.31. The van der Waals surface area contributed by atoms with Gasteiger partial charge in [0.25, 0.3) is 0 Å². The lowest BCUT2D eigenvalue weighted by Crippen LogP contribution is -2.24. The zero-order chi connectivity index (χ0) is 13.2. The fourth-order valence-electron chi connectivity index (χ4n) is 2.68. The summed E-state index contributed by atoms with van der Waals surface area (Å²) in [6, 6.07) is 8.56. The van der Waals surface area contributed by atoms with Gasteiger partial charge in [-0.1, -0.05) is 12.1 Å². The average molecular weight is 261 g/mol. The van der Waals surface area contributed by atoms with E-state index in [1.807, 2.05) is 6.07 Å². The van der Waals surface area contributed by atoms with Crippen LogP contribution in [0.25, 0.3) is 0 Å². The van der Waals surface area contributed by atoms with Gasteiger partial charge in [0.1, 0.15) is 5.82 Å². The SMILES string of the molecule is O[C@H]1C[C@@H](c2ccc(F)cc2)N(Cc2ccn[nH]2)C1. The maximum absolute atomic E-state index is 13.0. The molecule has 0 radical (unpaired) electrons. The lowest BCUT2D eigenvalue weighted by Gasteiger charge is -2.23. The number of nitrogens with one attached hydrogen (secondary N) is 1. The van der Waals surface area contributed by atoms with Crippen LogP contribution in [-0.4, -0.2) is 32.9 Å². The van der Waals surface area contributed by atoms with Crippen molar-refractivity contribution in [3.05, 3.63) is 53.6 Å². The number of hydrogen-bond donors (Lipinski definition) is 2. The van der Waals surface area contributed by atoms with Crippen LogP contribution in [0.5, 0.6) is 0 Å². The van der Waals surface area contributed by atoms with E-state index < -0.39 is 0 Å². The molecule has 2 heterocycles. The van der Waals surface area contributed by atoms with Gasteiger partial charge in [0.05, 0.1) is 6.10 Å². The van der Waals surface area contributed by atoms with Crippen molar-refractivity contribution in [3.63, 3.8) is 0 Å². The third-order valence-electron chi connectivity index (χ3n) is 3.57. The van der Waals surface area contributed by atoms with Gasteiger partial charge in [-0.05, 0) is 30.2 Å². The Morgan fingerprint density at radius 2 is 2.11 bits per heavy atom. The second kappa shape index (κ2) is 5.11. The van der Waals surface area contributed by atoms with E-state index in [9.17, 15) is 9.50 Å². The molecule has 4 nitrogen and oxygen atoms in total. The number of halogens is 1. The molecule has 3 rings (SSSR count). The quantitative estimate of drug-likeness (QED) is 0.886. The minimum Gasteiger partial charge on any atom is -0.392 e. The van der Waals surface area contributed by atoms with Gasteiger partial charge in [0.2, 0.25) is 0 Å². The Balaban J connectivity index is 1.80. The first-order valence-corrected chi connectivity index (χ1v) is 6.38. The summed E-state index contributed by atoms with van der Waals surface area (Å²) < 4.78 is 13.0. The highest BCUT2D eigenvalue weighted by atomic mass is 19.1. The van der Waals surface area contributed by atoms with Crippen LogP contribution in [0.1, 0.15) is 23.7 Å². The molecule has 1 aliphatic rings. The van der Waals surface area contributed by atoms with Crippen molar-refractivity contribution in [2.75, 3.05) is 6.54 Å². The summed E-state index contributed by atoms with van der Waals surface area (Å²) in [4.78, 5) is 2.19. The van der Waals surface area contributed by atoms with Crippen molar-refractivity contribution in [1.82, 2.24) is 15.1 Å². The standard InChI is InChI=1S/C14H16FN3O/c15-11-3-1-10(2-4-11)14-7-13(19)9-18(14)8-12-5-6-16-17-12/h1-6,13-14,19H,7-9H2,(H,16,17)/t13-,14-/m0/s1. The number of H-pyrrole nitrogens is 1. The molecule has 1 aromatic carbocycles. The van der Waals surface area contributed by atoms with E-state index in [-0.39, 0.29) is 18.0 Å². The van der Waals surface area contributed by atoms with Crippen LogP contribution < -0.4 is 0 Å². The number of aliphatic hydroxyl groups is 1. The first-order chi connectivity index (χ1) is 9.22. The smallest absolute Gasteiger partial charge is 0.123 e. The van der Waals surface area contributed by atoms with Crippen LogP contribution in [0.2, 0.25) is 0 Å². The molecule has 1 saturated heterocycles. The largest absolute Gasteiger partial charge is 0.392 e. The van der Waals surface area contributed by atoms with Crippen LogP contribution in [-0.2, 0) is 6.54 Å². The molecule has 1 fully saturated rings. The summed E-state index contributed by atoms with van der Waals surface area (Å²) in [5, 5.41) is 16.7. The third kappa shape index (κ3) is 2.67. The van der Waals surface area contributed by atoms with E-state index in [1.165, 1.54) is 12.1 Å². The van der Waals surface area contributed by atoms with Gasteiger partial charge in [-0.3, -0.25) is 10.00 Å². The van der Waals surface area contributed by atoms with E-state index in [2.05, 4.69) is 15.1 Å². The predicted molar refractivity (Wildman–Crippen MR) is 68.8 cm³/mol. The molecule has 19 heavy (non-hydrogen) atoms. The van der Waals surface area contributed by atoms with Crippen molar-refractivity contribution in [2.24, 2.45) is 0 Å². The molecule has 1 aromatic heterocycles. The van der Waals surface area contributed by atoms with Gasteiger partial charge in [-0.25, -0.2) is 4.39 Å². The zero-order valence-electron chi connectivity index (χ0n) is 10.5. The Labute approximate surface area is 110 Å². The molecular weight excluding hydrogens is 245 g/mol. The molecule has 2 aromatic rings. The normalized spacial score (nSPS) is 23.9. The Morgan fingerprint density at radius 1 is 1.32 bits per heavy atom. The fourth-order valence-corrected chi connectivity index (χ4v) is 2.68. The summed E-state index contributed by atoms with van der Waals surface area (Å²) in [7, 11) is 0. The lowest BCUT2D eigenvalue weighted by atomic mass is 10.0. The minimum atomic E-state index is -0.335. The summed E-state index contributed by atoms with van der Waals surface area (Å²) >= 11 is 0. The van der Waals surface area contributed by atoms with E-state index in [4.69, 9.17) is 0 Å². The number of rotatable bonds is 3. The Morgan fingerprint density at radius 3 is 2.79 bits per heavy atom. The molecule has 2 N–H and O–H groups in total. The van der Waals surface area contributed by atoms with Gasteiger partial charge in [-0.2, -0.15) is 5.10 Å². The van der Waals surface area contributed by atoms with Crippen molar-refractivity contribution in [2.45, 2.75) is 25.1 Å². The molecular formula is C14H16FN3O. The number of aliphatic hydroxyl groups excluding tert-OH is 1. The molecule has 0 bridgehead atoms. The highest BCUT2D eigenvalue weighted by Gasteiger charge is 2.32. The first-order valence-electron chi connectivity index (χ1n) is 6.38. The maximum Gasteiger partial charge on any atom is 0.123 e. The van der Waals surface area contributed by atoms with E-state index >= 15 is 0 Å². The van der Waals surface area contributed by atoms with Gasteiger partial charge < -0.3 is 5.11 Å². The topological polar surface area (TPSA) is 52.1 Å². The van der Waals surface area contributed by atoms with Crippen LogP contribution in [0.15, 0.2) is 36.5 Å². The van der Waals surface area contributed by atoms with Gasteiger partial charge >= 0.3 is 0 Å². The van der Waals surface area contributed by atoms with Crippen LogP contribution in [0, 0.1) is 5.82 Å². The Bertz CT molecular complexity index is 526. The average Bonchev–Trinajstić information content (AvgIpc) is 3.01. The number of benzene rings is 1. The van der Waals surface area contributed by atoms with E-state index in [0.29, 0.717) is 19.5 Å². The molecule has 1 aliphatic heterocycles. The summed E-state index contributed by atoms with van der Waals surface area (Å²) in [5.74, 6) is -0.234. The predicted octanol–water partition coefficient (Wildman–Crippen LogP) is 1.86. The monoisotopic (exact) mass is 261 g/mol. The number of hydrogen-bond acceptors (Lipinski definition) is 3. The van der Waals surface area contributed by atoms with Gasteiger partial charge in [-0.15, -0.1) is 0 Å². The van der Waals surface area contributed by atoms with Crippen LogP contribution >= 0.6 is 0 Å². The zero-order valence-corrected chi connectivity index (χ0v) is 10.5. The Hall–Kier alpha value is -1.72. The van der Waals surface area contributed by atoms with Crippen LogP contribution in [0.3, 0.4) is 0 Å². The number of β-amino-alcohol motifs (C(OH)–C–C–N with tert-alkyl or cyclic N) is 1. The number of likely N-dealkylation sites (tertiary alicyclic amines) is 1. The second-order valence-corrected chi connectivity index (χ2v) is 4.97. The number of aromatic nitrogens is 2. The second-order valence-electron chi connectivity index (χ2n) is 4.97.